The third-order valence-electron chi connectivity index (χ3n) is 4.17. The summed E-state index contributed by atoms with van der Waals surface area (Å²) < 4.78 is 0. The maximum atomic E-state index is 3.74. The Balaban J connectivity index is 1.87. The van der Waals surface area contributed by atoms with Crippen LogP contribution in [0.3, 0.4) is 0 Å². The van der Waals surface area contributed by atoms with Gasteiger partial charge in [0.05, 0.1) is 0 Å². The van der Waals surface area contributed by atoms with Crippen molar-refractivity contribution in [2.24, 2.45) is 0 Å². The molecule has 0 saturated heterocycles. The number of fused-ring (bicyclic) bond motifs is 3. The highest BCUT2D eigenvalue weighted by atomic mass is 32.2. The first-order chi connectivity index (χ1) is 9.29. The summed E-state index contributed by atoms with van der Waals surface area (Å²) in [5.41, 5.74) is 4.26. The smallest absolute Gasteiger partial charge is 0.0476 e. The Morgan fingerprint density at radius 1 is 1.42 bits per heavy atom. The second kappa shape index (κ2) is 5.59. The zero-order valence-electron chi connectivity index (χ0n) is 11.7. The third-order valence-corrected chi connectivity index (χ3v) is 5.14. The number of thioether (sulfide) groups is 1. The van der Waals surface area contributed by atoms with E-state index in [0.717, 1.165) is 6.54 Å². The zero-order valence-corrected chi connectivity index (χ0v) is 12.5. The number of hydrogen-bond donors (Lipinski definition) is 2. The molecule has 2 unspecified atom stereocenters. The summed E-state index contributed by atoms with van der Waals surface area (Å²) in [5, 5.41) is 5.83. The molecule has 0 fully saturated rings. The lowest BCUT2D eigenvalue weighted by Crippen LogP contribution is -2.30. The molecule has 19 heavy (non-hydrogen) atoms. The largest absolute Gasteiger partial charge is 0.357 e. The average Bonchev–Trinajstić information content (AvgIpc) is 2.84. The van der Waals surface area contributed by atoms with E-state index in [9.17, 15) is 0 Å². The molecule has 102 valence electrons. The van der Waals surface area contributed by atoms with Crippen LogP contribution >= 0.6 is 11.8 Å². The Hall–Kier alpha value is -0.930. The summed E-state index contributed by atoms with van der Waals surface area (Å²) >= 11 is 1.93. The third kappa shape index (κ3) is 2.54. The van der Waals surface area contributed by atoms with Crippen LogP contribution in [0, 0.1) is 0 Å². The molecule has 1 heterocycles. The van der Waals surface area contributed by atoms with E-state index in [-0.39, 0.29) is 0 Å². The quantitative estimate of drug-likeness (QED) is 0.885. The van der Waals surface area contributed by atoms with Gasteiger partial charge in [-0.2, -0.15) is 11.8 Å². The molecule has 1 aliphatic carbocycles. The Labute approximate surface area is 119 Å². The molecule has 2 nitrogen and oxygen atoms in total. The zero-order chi connectivity index (χ0) is 13.2. The number of hydrogen-bond acceptors (Lipinski definition) is 2. The molecule has 0 aliphatic heterocycles. The van der Waals surface area contributed by atoms with Gasteiger partial charge in [0.2, 0.25) is 0 Å². The highest BCUT2D eigenvalue weighted by Crippen LogP contribution is 2.34. The van der Waals surface area contributed by atoms with Crippen LogP contribution in [0.5, 0.6) is 0 Å². The highest BCUT2D eigenvalue weighted by Gasteiger charge is 2.23. The molecule has 2 N–H and O–H groups in total. The molecular formula is C16H22N2S. The van der Waals surface area contributed by atoms with Crippen molar-refractivity contribution in [2.45, 2.75) is 37.5 Å². The molecule has 2 aromatic rings. The van der Waals surface area contributed by atoms with Gasteiger partial charge in [-0.1, -0.05) is 25.1 Å². The Bertz CT molecular complexity index is 561. The fourth-order valence-electron chi connectivity index (χ4n) is 3.01. The Kier molecular flexibility index (Phi) is 3.85. The predicted octanol–water partition coefficient (Wildman–Crippen LogP) is 3.89. The topological polar surface area (TPSA) is 27.8 Å². The van der Waals surface area contributed by atoms with Crippen molar-refractivity contribution < 1.29 is 0 Å². The Morgan fingerprint density at radius 3 is 3.11 bits per heavy atom. The van der Waals surface area contributed by atoms with Crippen molar-refractivity contribution in [1.82, 2.24) is 10.3 Å². The summed E-state index contributed by atoms with van der Waals surface area (Å²) in [5.74, 6) is 0. The van der Waals surface area contributed by atoms with E-state index >= 15 is 0 Å². The van der Waals surface area contributed by atoms with Crippen molar-refractivity contribution in [2.75, 3.05) is 12.8 Å². The first kappa shape index (κ1) is 13.1. The number of nitrogens with one attached hydrogen (secondary N) is 2. The Morgan fingerprint density at radius 2 is 2.26 bits per heavy atom. The molecule has 1 aliphatic rings. The van der Waals surface area contributed by atoms with Gasteiger partial charge in [-0.05, 0) is 37.1 Å². The number of H-pyrrole nitrogens is 1. The van der Waals surface area contributed by atoms with Crippen molar-refractivity contribution in [3.63, 3.8) is 0 Å². The molecule has 0 saturated carbocycles. The molecule has 3 heteroatoms. The standard InChI is InChI=1S/C16H22N2S/c1-11(19-2)10-17-15-9-5-7-13-12-6-3-4-8-14(12)18-16(13)15/h3-4,6,8,11,15,17-18H,5,7,9-10H2,1-2H3. The molecule has 0 bridgehead atoms. The van der Waals surface area contributed by atoms with E-state index in [1.807, 2.05) is 11.8 Å². The summed E-state index contributed by atoms with van der Waals surface area (Å²) in [4.78, 5) is 3.64. The fraction of sp³-hybridized carbons (Fsp3) is 0.500. The molecule has 0 amide bonds. The number of aromatic nitrogens is 1. The minimum atomic E-state index is 0.505. The monoisotopic (exact) mass is 274 g/mol. The summed E-state index contributed by atoms with van der Waals surface area (Å²) in [6.45, 7) is 3.37. The van der Waals surface area contributed by atoms with Gasteiger partial charge in [-0.25, -0.2) is 0 Å². The van der Waals surface area contributed by atoms with Crippen LogP contribution in [0.15, 0.2) is 24.3 Å². The molecular weight excluding hydrogens is 252 g/mol. The number of benzene rings is 1. The molecule has 0 spiro atoms. The normalized spacial score (nSPS) is 20.4. The lowest BCUT2D eigenvalue weighted by molar-refractivity contribution is 0.456. The van der Waals surface area contributed by atoms with E-state index in [0.29, 0.717) is 11.3 Å². The maximum Gasteiger partial charge on any atom is 0.0476 e. The van der Waals surface area contributed by atoms with Gasteiger partial charge >= 0.3 is 0 Å². The fourth-order valence-corrected chi connectivity index (χ4v) is 3.27. The second-order valence-corrected chi connectivity index (χ2v) is 6.74. The van der Waals surface area contributed by atoms with E-state index in [1.165, 1.54) is 41.4 Å². The number of rotatable bonds is 4. The van der Waals surface area contributed by atoms with E-state index in [1.54, 1.807) is 0 Å². The lowest BCUT2D eigenvalue weighted by atomic mass is 9.91. The van der Waals surface area contributed by atoms with Gasteiger partial charge in [0.15, 0.2) is 0 Å². The van der Waals surface area contributed by atoms with Crippen molar-refractivity contribution in [1.29, 1.82) is 0 Å². The summed E-state index contributed by atoms with van der Waals surface area (Å²) in [6.07, 6.45) is 5.94. The van der Waals surface area contributed by atoms with Crippen LogP contribution in [-0.2, 0) is 6.42 Å². The predicted molar refractivity (Wildman–Crippen MR) is 85.0 cm³/mol. The van der Waals surface area contributed by atoms with E-state index < -0.39 is 0 Å². The average molecular weight is 274 g/mol. The van der Waals surface area contributed by atoms with Crippen LogP contribution in [0.4, 0.5) is 0 Å². The van der Waals surface area contributed by atoms with E-state index in [4.69, 9.17) is 0 Å². The number of para-hydroxylation sites is 1. The molecule has 0 radical (unpaired) electrons. The number of aryl methyl sites for hydroxylation is 1. The van der Waals surface area contributed by atoms with Crippen molar-refractivity contribution in [3.8, 4) is 0 Å². The van der Waals surface area contributed by atoms with Gasteiger partial charge in [-0.15, -0.1) is 0 Å². The second-order valence-electron chi connectivity index (χ2n) is 5.46. The lowest BCUT2D eigenvalue weighted by Gasteiger charge is -2.25. The van der Waals surface area contributed by atoms with Crippen LogP contribution in [0.25, 0.3) is 10.9 Å². The molecule has 3 rings (SSSR count). The SMILES string of the molecule is CSC(C)CNC1CCCc2c1[nH]c1ccccc21. The first-order valence-corrected chi connectivity index (χ1v) is 8.44. The molecule has 2 atom stereocenters. The minimum absolute atomic E-state index is 0.505. The van der Waals surface area contributed by atoms with Gasteiger partial charge in [0.25, 0.3) is 0 Å². The number of aromatic amines is 1. The van der Waals surface area contributed by atoms with Crippen LogP contribution in [0.2, 0.25) is 0 Å². The van der Waals surface area contributed by atoms with E-state index in [2.05, 4.69) is 47.7 Å². The van der Waals surface area contributed by atoms with Crippen LogP contribution < -0.4 is 5.32 Å². The van der Waals surface area contributed by atoms with Gasteiger partial charge in [-0.3, -0.25) is 0 Å². The maximum absolute atomic E-state index is 3.74. The van der Waals surface area contributed by atoms with Gasteiger partial charge < -0.3 is 10.3 Å². The molecule has 1 aromatic heterocycles. The van der Waals surface area contributed by atoms with Crippen molar-refractivity contribution >= 4 is 22.7 Å². The minimum Gasteiger partial charge on any atom is -0.357 e. The molecule has 1 aromatic carbocycles. The summed E-state index contributed by atoms with van der Waals surface area (Å²) in [7, 11) is 0. The van der Waals surface area contributed by atoms with Crippen LogP contribution in [-0.4, -0.2) is 23.0 Å². The van der Waals surface area contributed by atoms with Crippen molar-refractivity contribution in [3.05, 3.63) is 35.5 Å². The highest BCUT2D eigenvalue weighted by molar-refractivity contribution is 7.99. The van der Waals surface area contributed by atoms with Gasteiger partial charge in [0.1, 0.15) is 0 Å². The first-order valence-electron chi connectivity index (χ1n) is 7.15. The van der Waals surface area contributed by atoms with Crippen LogP contribution in [0.1, 0.15) is 37.1 Å². The van der Waals surface area contributed by atoms with Gasteiger partial charge in [0, 0.05) is 34.4 Å². The summed E-state index contributed by atoms with van der Waals surface area (Å²) in [6, 6.07) is 9.20.